The smallest absolute Gasteiger partial charge is 0.266 e. The molecule has 0 spiro atoms. The molecule has 0 unspecified atom stereocenters. The molecule has 0 N–H and O–H groups in total. The minimum Gasteiger partial charge on any atom is -0.268 e. The van der Waals surface area contributed by atoms with Crippen molar-refractivity contribution in [1.82, 2.24) is 0 Å². The molecule has 22 heavy (non-hydrogen) atoms. The second kappa shape index (κ2) is 4.79. The number of carbonyl (C=O) groups excluding carboxylic acids is 2. The fourth-order valence-electron chi connectivity index (χ4n) is 3.20. The molecule has 4 nitrogen and oxygen atoms in total. The first-order valence-electron chi connectivity index (χ1n) is 7.25. The van der Waals surface area contributed by atoms with Gasteiger partial charge in [0.1, 0.15) is 11.1 Å². The van der Waals surface area contributed by atoms with E-state index in [1.54, 1.807) is 24.3 Å². The summed E-state index contributed by atoms with van der Waals surface area (Å²) in [5, 5.41) is 10.0. The number of rotatable bonds is 1. The van der Waals surface area contributed by atoms with Gasteiger partial charge in [-0.2, -0.15) is 5.26 Å². The summed E-state index contributed by atoms with van der Waals surface area (Å²) in [6.07, 6.45) is 3.94. The van der Waals surface area contributed by atoms with Gasteiger partial charge in [-0.3, -0.25) is 9.59 Å². The number of anilines is 1. The Balaban J connectivity index is 1.88. The number of thiophene rings is 1. The van der Waals surface area contributed by atoms with Crippen LogP contribution >= 0.6 is 11.3 Å². The molecule has 1 aliphatic heterocycles. The van der Waals surface area contributed by atoms with Crippen LogP contribution in [0.2, 0.25) is 0 Å². The fourth-order valence-corrected chi connectivity index (χ4v) is 4.53. The van der Waals surface area contributed by atoms with Crippen LogP contribution in [0.1, 0.15) is 49.6 Å². The van der Waals surface area contributed by atoms with Gasteiger partial charge in [0.2, 0.25) is 0 Å². The molecular formula is C17H12N2O2S. The number of fused-ring (bicyclic) bond motifs is 2. The number of nitrogens with zero attached hydrogens (tertiary/aromatic N) is 2. The third-order valence-corrected chi connectivity index (χ3v) is 5.54. The summed E-state index contributed by atoms with van der Waals surface area (Å²) in [6, 6.07) is 9.03. The zero-order chi connectivity index (χ0) is 15.3. The Hall–Kier alpha value is -2.45. The first-order valence-corrected chi connectivity index (χ1v) is 8.06. The van der Waals surface area contributed by atoms with Gasteiger partial charge >= 0.3 is 0 Å². The Morgan fingerprint density at radius 1 is 1.05 bits per heavy atom. The van der Waals surface area contributed by atoms with Crippen molar-refractivity contribution in [1.29, 1.82) is 5.26 Å². The van der Waals surface area contributed by atoms with Crippen LogP contribution in [0.15, 0.2) is 24.3 Å². The lowest BCUT2D eigenvalue weighted by molar-refractivity contribution is 0.0927. The third kappa shape index (κ3) is 1.68. The van der Waals surface area contributed by atoms with E-state index in [2.05, 4.69) is 6.07 Å². The van der Waals surface area contributed by atoms with Crippen LogP contribution in [-0.2, 0) is 12.8 Å². The van der Waals surface area contributed by atoms with E-state index in [1.807, 2.05) is 0 Å². The van der Waals surface area contributed by atoms with Crippen molar-refractivity contribution < 1.29 is 9.59 Å². The summed E-state index contributed by atoms with van der Waals surface area (Å²) in [6.45, 7) is 0. The highest BCUT2D eigenvalue weighted by atomic mass is 32.1. The van der Waals surface area contributed by atoms with E-state index in [1.165, 1.54) is 16.2 Å². The monoisotopic (exact) mass is 308 g/mol. The van der Waals surface area contributed by atoms with E-state index < -0.39 is 0 Å². The van der Waals surface area contributed by atoms with Gasteiger partial charge in [0.25, 0.3) is 11.8 Å². The fraction of sp³-hybridized carbons (Fsp3) is 0.235. The van der Waals surface area contributed by atoms with E-state index in [-0.39, 0.29) is 11.8 Å². The molecular weight excluding hydrogens is 296 g/mol. The molecule has 2 aromatic rings. The maximum Gasteiger partial charge on any atom is 0.266 e. The van der Waals surface area contributed by atoms with Gasteiger partial charge in [0, 0.05) is 4.88 Å². The van der Waals surface area contributed by atoms with Crippen molar-refractivity contribution in [3.8, 4) is 6.07 Å². The minimum absolute atomic E-state index is 0.323. The van der Waals surface area contributed by atoms with Crippen LogP contribution in [0.5, 0.6) is 0 Å². The van der Waals surface area contributed by atoms with Gasteiger partial charge in [0.05, 0.1) is 16.7 Å². The van der Waals surface area contributed by atoms with Crippen LogP contribution in [0, 0.1) is 11.3 Å². The highest BCUT2D eigenvalue weighted by Gasteiger charge is 2.39. The van der Waals surface area contributed by atoms with Crippen LogP contribution in [0.3, 0.4) is 0 Å². The van der Waals surface area contributed by atoms with E-state index >= 15 is 0 Å². The zero-order valence-electron chi connectivity index (χ0n) is 11.8. The predicted octanol–water partition coefficient (Wildman–Crippen LogP) is 3.30. The Morgan fingerprint density at radius 3 is 2.32 bits per heavy atom. The molecule has 0 atom stereocenters. The molecule has 0 saturated carbocycles. The van der Waals surface area contributed by atoms with Gasteiger partial charge in [-0.1, -0.05) is 12.1 Å². The first kappa shape index (κ1) is 13.2. The van der Waals surface area contributed by atoms with Gasteiger partial charge in [-0.25, -0.2) is 4.90 Å². The van der Waals surface area contributed by atoms with Crippen molar-refractivity contribution in [3.63, 3.8) is 0 Å². The highest BCUT2D eigenvalue weighted by molar-refractivity contribution is 7.17. The topological polar surface area (TPSA) is 61.2 Å². The normalized spacial score (nSPS) is 16.4. The van der Waals surface area contributed by atoms with Crippen LogP contribution < -0.4 is 4.90 Å². The number of carbonyl (C=O) groups is 2. The van der Waals surface area contributed by atoms with E-state index in [0.29, 0.717) is 21.7 Å². The number of hydrogen-bond donors (Lipinski definition) is 0. The lowest BCUT2D eigenvalue weighted by Gasteiger charge is -2.12. The molecule has 5 heteroatoms. The van der Waals surface area contributed by atoms with Crippen LogP contribution in [-0.4, -0.2) is 11.8 Å². The first-order chi connectivity index (χ1) is 10.7. The highest BCUT2D eigenvalue weighted by Crippen LogP contribution is 2.42. The molecule has 0 bridgehead atoms. The second-order valence-electron chi connectivity index (χ2n) is 5.49. The molecule has 1 aromatic carbocycles. The Morgan fingerprint density at radius 2 is 1.68 bits per heavy atom. The van der Waals surface area contributed by atoms with Crippen molar-refractivity contribution in [3.05, 3.63) is 51.4 Å². The minimum atomic E-state index is -0.323. The van der Waals surface area contributed by atoms with E-state index in [9.17, 15) is 14.9 Å². The van der Waals surface area contributed by atoms with E-state index in [4.69, 9.17) is 0 Å². The Bertz CT molecular complexity index is 825. The number of hydrogen-bond acceptors (Lipinski definition) is 4. The molecule has 1 aliphatic carbocycles. The second-order valence-corrected chi connectivity index (χ2v) is 6.58. The summed E-state index contributed by atoms with van der Waals surface area (Å²) in [4.78, 5) is 27.5. The predicted molar refractivity (Wildman–Crippen MR) is 83.3 cm³/mol. The van der Waals surface area contributed by atoms with Gasteiger partial charge in [-0.15, -0.1) is 11.3 Å². The van der Waals surface area contributed by atoms with Gasteiger partial charge < -0.3 is 0 Å². The molecule has 0 fully saturated rings. The molecule has 2 amide bonds. The summed E-state index contributed by atoms with van der Waals surface area (Å²) in [7, 11) is 0. The molecule has 2 heterocycles. The lowest BCUT2D eigenvalue weighted by atomic mass is 9.96. The molecule has 0 radical (unpaired) electrons. The maximum atomic E-state index is 12.6. The summed E-state index contributed by atoms with van der Waals surface area (Å²) < 4.78 is 0. The molecule has 4 rings (SSSR count). The molecule has 108 valence electrons. The van der Waals surface area contributed by atoms with Crippen molar-refractivity contribution in [2.75, 3.05) is 4.90 Å². The molecule has 2 aliphatic rings. The van der Waals surface area contributed by atoms with Crippen molar-refractivity contribution >= 4 is 28.2 Å². The average molecular weight is 308 g/mol. The van der Waals surface area contributed by atoms with Gasteiger partial charge in [0.15, 0.2) is 0 Å². The molecule has 1 aromatic heterocycles. The Labute approximate surface area is 131 Å². The van der Waals surface area contributed by atoms with Crippen molar-refractivity contribution in [2.45, 2.75) is 25.7 Å². The summed E-state index contributed by atoms with van der Waals surface area (Å²) >= 11 is 1.42. The van der Waals surface area contributed by atoms with E-state index in [0.717, 1.165) is 36.1 Å². The number of amides is 2. The van der Waals surface area contributed by atoms with Gasteiger partial charge in [-0.05, 0) is 43.4 Å². The standard InChI is InChI=1S/C17H12N2O2S/c18-9-13-10-5-3-4-8-14(10)22-17(13)19-15(20)11-6-1-2-7-12(11)16(19)21/h1-2,6-7H,3-5,8H2. The summed E-state index contributed by atoms with van der Waals surface area (Å²) in [5.41, 5.74) is 2.38. The van der Waals surface area contributed by atoms with Crippen molar-refractivity contribution in [2.24, 2.45) is 0 Å². The quantitative estimate of drug-likeness (QED) is 0.759. The SMILES string of the molecule is N#Cc1c(N2C(=O)c3ccccc3C2=O)sc2c1CCCC2. The number of imide groups is 1. The van der Waals surface area contributed by atoms with Crippen LogP contribution in [0.4, 0.5) is 5.00 Å². The third-order valence-electron chi connectivity index (χ3n) is 4.26. The maximum absolute atomic E-state index is 12.6. The lowest BCUT2D eigenvalue weighted by Crippen LogP contribution is -2.29. The number of benzene rings is 1. The largest absolute Gasteiger partial charge is 0.268 e. The number of nitriles is 1. The zero-order valence-corrected chi connectivity index (χ0v) is 12.6. The summed E-state index contributed by atoms with van der Waals surface area (Å²) in [5.74, 6) is -0.647. The van der Waals surface area contributed by atoms with Crippen LogP contribution in [0.25, 0.3) is 0 Å². The average Bonchev–Trinajstić information content (AvgIpc) is 3.03. The Kier molecular flexibility index (Phi) is 2.88. The number of aryl methyl sites for hydroxylation is 1. The molecule has 0 saturated heterocycles.